The van der Waals surface area contributed by atoms with Gasteiger partial charge in [0.05, 0.1) is 5.02 Å². The van der Waals surface area contributed by atoms with Crippen LogP contribution in [0.3, 0.4) is 0 Å². The topological polar surface area (TPSA) is 21.9 Å². The molecule has 0 spiro atoms. The van der Waals surface area contributed by atoms with Gasteiger partial charge in [-0.05, 0) is 18.6 Å². The van der Waals surface area contributed by atoms with Crippen molar-refractivity contribution < 1.29 is 4.39 Å². The minimum atomic E-state index is -0.208. The van der Waals surface area contributed by atoms with Gasteiger partial charge in [0, 0.05) is 18.2 Å². The maximum atomic E-state index is 13.2. The summed E-state index contributed by atoms with van der Waals surface area (Å²) in [5, 5.41) is 3.60. The summed E-state index contributed by atoms with van der Waals surface area (Å²) in [5.74, 6) is -0.208. The molecule has 1 aliphatic heterocycles. The highest BCUT2D eigenvalue weighted by Gasteiger charge is 2.28. The summed E-state index contributed by atoms with van der Waals surface area (Å²) in [6.45, 7) is 2.72. The normalized spacial score (nSPS) is 21.1. The molecule has 0 aliphatic carbocycles. The predicted octanol–water partition coefficient (Wildman–Crippen LogP) is 2.43. The first kappa shape index (κ1) is 8.02. The Morgan fingerprint density at radius 3 is 2.83 bits per heavy atom. The van der Waals surface area contributed by atoms with Gasteiger partial charge in [-0.2, -0.15) is 0 Å². The average Bonchev–Trinajstić information content (AvgIpc) is 2.81. The van der Waals surface area contributed by atoms with Crippen molar-refractivity contribution in [2.24, 2.45) is 0 Å². The summed E-state index contributed by atoms with van der Waals surface area (Å²) in [4.78, 5) is 0. The van der Waals surface area contributed by atoms with E-state index in [1.165, 1.54) is 6.07 Å². The Kier molecular flexibility index (Phi) is 1.81. The SMILES string of the molecule is Cc1ccc(F)c([C@H]2CN2)c1Cl. The Morgan fingerprint density at radius 2 is 2.25 bits per heavy atom. The maximum Gasteiger partial charge on any atom is 0.129 e. The Bertz CT molecular complexity index is 321. The molecule has 2 rings (SSSR count). The van der Waals surface area contributed by atoms with E-state index in [-0.39, 0.29) is 11.9 Å². The van der Waals surface area contributed by atoms with E-state index in [9.17, 15) is 4.39 Å². The predicted molar refractivity (Wildman–Crippen MR) is 46.9 cm³/mol. The molecule has 1 atom stereocenters. The molecule has 0 unspecified atom stereocenters. The molecule has 12 heavy (non-hydrogen) atoms. The van der Waals surface area contributed by atoms with E-state index in [2.05, 4.69) is 5.32 Å². The van der Waals surface area contributed by atoms with E-state index in [0.29, 0.717) is 10.6 Å². The summed E-state index contributed by atoms with van der Waals surface area (Å²) in [6, 6.07) is 3.30. The van der Waals surface area contributed by atoms with Crippen LogP contribution in [-0.2, 0) is 0 Å². The monoisotopic (exact) mass is 185 g/mol. The van der Waals surface area contributed by atoms with Crippen molar-refractivity contribution in [3.8, 4) is 0 Å². The molecule has 1 aromatic carbocycles. The van der Waals surface area contributed by atoms with Crippen LogP contribution in [0, 0.1) is 12.7 Å². The van der Waals surface area contributed by atoms with Gasteiger partial charge in [-0.25, -0.2) is 4.39 Å². The van der Waals surface area contributed by atoms with Gasteiger partial charge in [0.1, 0.15) is 5.82 Å². The lowest BCUT2D eigenvalue weighted by molar-refractivity contribution is 0.609. The molecule has 3 heteroatoms. The first-order valence-corrected chi connectivity index (χ1v) is 4.26. The fourth-order valence-electron chi connectivity index (χ4n) is 1.26. The number of halogens is 2. The van der Waals surface area contributed by atoms with Crippen LogP contribution in [0.2, 0.25) is 5.02 Å². The molecule has 1 aliphatic rings. The Hall–Kier alpha value is -0.600. The highest BCUT2D eigenvalue weighted by molar-refractivity contribution is 6.32. The summed E-state index contributed by atoms with van der Waals surface area (Å²) >= 11 is 5.95. The molecule has 1 saturated heterocycles. The molecule has 1 nitrogen and oxygen atoms in total. The van der Waals surface area contributed by atoms with Crippen LogP contribution in [0.1, 0.15) is 17.2 Å². The summed E-state index contributed by atoms with van der Waals surface area (Å²) in [5.41, 5.74) is 1.55. The van der Waals surface area contributed by atoms with Crippen LogP contribution < -0.4 is 5.32 Å². The largest absolute Gasteiger partial charge is 0.307 e. The minimum absolute atomic E-state index is 0.136. The molecule has 0 aromatic heterocycles. The van der Waals surface area contributed by atoms with Crippen LogP contribution in [0.4, 0.5) is 4.39 Å². The van der Waals surface area contributed by atoms with Crippen molar-refractivity contribution in [3.05, 3.63) is 34.1 Å². The number of nitrogens with one attached hydrogen (secondary N) is 1. The Labute approximate surface area is 75.5 Å². The van der Waals surface area contributed by atoms with Gasteiger partial charge in [-0.15, -0.1) is 0 Å². The van der Waals surface area contributed by atoms with Crippen LogP contribution in [0.25, 0.3) is 0 Å². The molecule has 1 fully saturated rings. The zero-order valence-electron chi connectivity index (χ0n) is 6.70. The zero-order valence-corrected chi connectivity index (χ0v) is 7.45. The highest BCUT2D eigenvalue weighted by Crippen LogP contribution is 2.32. The molecule has 1 heterocycles. The van der Waals surface area contributed by atoms with E-state index in [0.717, 1.165) is 12.1 Å². The van der Waals surface area contributed by atoms with Crippen LogP contribution >= 0.6 is 11.6 Å². The number of rotatable bonds is 1. The van der Waals surface area contributed by atoms with E-state index in [1.54, 1.807) is 6.07 Å². The van der Waals surface area contributed by atoms with Crippen molar-refractivity contribution in [2.75, 3.05) is 6.54 Å². The van der Waals surface area contributed by atoms with E-state index < -0.39 is 0 Å². The minimum Gasteiger partial charge on any atom is -0.307 e. The van der Waals surface area contributed by atoms with Gasteiger partial charge in [-0.3, -0.25) is 0 Å². The quantitative estimate of drug-likeness (QED) is 0.667. The summed E-state index contributed by atoms with van der Waals surface area (Å²) in [6.07, 6.45) is 0. The molecule has 0 bridgehead atoms. The first-order valence-electron chi connectivity index (χ1n) is 3.88. The first-order chi connectivity index (χ1) is 5.70. The second-order valence-electron chi connectivity index (χ2n) is 3.05. The van der Waals surface area contributed by atoms with Gasteiger partial charge < -0.3 is 5.32 Å². The molecule has 1 N–H and O–H groups in total. The van der Waals surface area contributed by atoms with Gasteiger partial charge in [0.15, 0.2) is 0 Å². The number of hydrogen-bond donors (Lipinski definition) is 1. The third kappa shape index (κ3) is 1.21. The molecular formula is C9H9ClFN. The second kappa shape index (κ2) is 2.71. The van der Waals surface area contributed by atoms with E-state index in [1.807, 2.05) is 6.92 Å². The molecule has 1 aromatic rings. The number of hydrogen-bond acceptors (Lipinski definition) is 1. The van der Waals surface area contributed by atoms with Gasteiger partial charge >= 0.3 is 0 Å². The highest BCUT2D eigenvalue weighted by atomic mass is 35.5. The van der Waals surface area contributed by atoms with Gasteiger partial charge in [0.25, 0.3) is 0 Å². The zero-order chi connectivity index (χ0) is 8.72. The molecule has 0 saturated carbocycles. The number of benzene rings is 1. The fraction of sp³-hybridized carbons (Fsp3) is 0.333. The lowest BCUT2D eigenvalue weighted by atomic mass is 10.1. The lowest BCUT2D eigenvalue weighted by Crippen LogP contribution is -1.93. The van der Waals surface area contributed by atoms with Crippen molar-refractivity contribution >= 4 is 11.6 Å². The van der Waals surface area contributed by atoms with Crippen molar-refractivity contribution in [1.29, 1.82) is 0 Å². The van der Waals surface area contributed by atoms with Gasteiger partial charge in [0.2, 0.25) is 0 Å². The average molecular weight is 186 g/mol. The van der Waals surface area contributed by atoms with Crippen molar-refractivity contribution in [3.63, 3.8) is 0 Å². The smallest absolute Gasteiger partial charge is 0.129 e. The summed E-state index contributed by atoms with van der Waals surface area (Å²) in [7, 11) is 0. The Morgan fingerprint density at radius 1 is 1.58 bits per heavy atom. The van der Waals surface area contributed by atoms with Crippen molar-refractivity contribution in [1.82, 2.24) is 5.32 Å². The maximum absolute atomic E-state index is 13.2. The third-order valence-electron chi connectivity index (χ3n) is 2.08. The summed E-state index contributed by atoms with van der Waals surface area (Å²) < 4.78 is 13.2. The van der Waals surface area contributed by atoms with Crippen LogP contribution in [0.15, 0.2) is 12.1 Å². The van der Waals surface area contributed by atoms with Gasteiger partial charge in [-0.1, -0.05) is 17.7 Å². The van der Waals surface area contributed by atoms with E-state index in [4.69, 9.17) is 11.6 Å². The van der Waals surface area contributed by atoms with Crippen molar-refractivity contribution in [2.45, 2.75) is 13.0 Å². The molecule has 0 radical (unpaired) electrons. The third-order valence-corrected chi connectivity index (χ3v) is 2.58. The second-order valence-corrected chi connectivity index (χ2v) is 3.43. The molecular weight excluding hydrogens is 177 g/mol. The lowest BCUT2D eigenvalue weighted by Gasteiger charge is -2.05. The fourth-order valence-corrected chi connectivity index (χ4v) is 1.55. The number of aryl methyl sites for hydroxylation is 1. The Balaban J connectivity index is 2.55. The van der Waals surface area contributed by atoms with Crippen LogP contribution in [-0.4, -0.2) is 6.54 Å². The molecule has 64 valence electrons. The standard InChI is InChI=1S/C9H9ClFN/c1-5-2-3-6(11)8(9(5)10)7-4-12-7/h2-3,7,12H,4H2,1H3/t7-/m1/s1. The van der Waals surface area contributed by atoms with E-state index >= 15 is 0 Å². The van der Waals surface area contributed by atoms with Crippen LogP contribution in [0.5, 0.6) is 0 Å². The molecule has 0 amide bonds.